The van der Waals surface area contributed by atoms with E-state index in [9.17, 15) is 0 Å². The SMILES string of the molecule is CCNC(CN(CC)c1ccccc1C)C(C)C. The van der Waals surface area contributed by atoms with Gasteiger partial charge in [0.05, 0.1) is 0 Å². The molecule has 102 valence electrons. The van der Waals surface area contributed by atoms with Gasteiger partial charge < -0.3 is 10.2 Å². The Labute approximate surface area is 112 Å². The van der Waals surface area contributed by atoms with Crippen LogP contribution >= 0.6 is 0 Å². The van der Waals surface area contributed by atoms with Gasteiger partial charge >= 0.3 is 0 Å². The summed E-state index contributed by atoms with van der Waals surface area (Å²) in [6.45, 7) is 14.4. The van der Waals surface area contributed by atoms with E-state index in [1.54, 1.807) is 0 Å². The van der Waals surface area contributed by atoms with Crippen LogP contribution in [0.15, 0.2) is 24.3 Å². The average molecular weight is 248 g/mol. The van der Waals surface area contributed by atoms with E-state index in [1.807, 2.05) is 0 Å². The van der Waals surface area contributed by atoms with E-state index in [-0.39, 0.29) is 0 Å². The van der Waals surface area contributed by atoms with E-state index in [0.717, 1.165) is 19.6 Å². The number of hydrogen-bond acceptors (Lipinski definition) is 2. The number of hydrogen-bond donors (Lipinski definition) is 1. The molecule has 0 radical (unpaired) electrons. The van der Waals surface area contributed by atoms with Crippen LogP contribution in [0.25, 0.3) is 0 Å². The summed E-state index contributed by atoms with van der Waals surface area (Å²) in [5.74, 6) is 0.656. The molecular formula is C16H28N2. The number of para-hydroxylation sites is 1. The summed E-state index contributed by atoms with van der Waals surface area (Å²) in [5, 5.41) is 3.59. The van der Waals surface area contributed by atoms with Crippen molar-refractivity contribution in [3.8, 4) is 0 Å². The Kier molecular flexibility index (Phi) is 6.20. The van der Waals surface area contributed by atoms with E-state index >= 15 is 0 Å². The molecule has 0 fully saturated rings. The molecule has 0 amide bonds. The number of aryl methyl sites for hydroxylation is 1. The molecule has 0 bridgehead atoms. The molecular weight excluding hydrogens is 220 g/mol. The molecule has 1 unspecified atom stereocenters. The highest BCUT2D eigenvalue weighted by atomic mass is 15.2. The third-order valence-electron chi connectivity index (χ3n) is 3.53. The zero-order chi connectivity index (χ0) is 13.5. The van der Waals surface area contributed by atoms with E-state index in [0.29, 0.717) is 12.0 Å². The molecule has 0 aliphatic heterocycles. The minimum atomic E-state index is 0.551. The molecule has 1 aromatic rings. The number of likely N-dealkylation sites (N-methyl/N-ethyl adjacent to an activating group) is 2. The second-order valence-electron chi connectivity index (χ2n) is 5.23. The molecule has 0 aromatic heterocycles. The highest BCUT2D eigenvalue weighted by Crippen LogP contribution is 2.20. The van der Waals surface area contributed by atoms with Crippen LogP contribution in [0, 0.1) is 12.8 Å². The number of nitrogens with one attached hydrogen (secondary N) is 1. The van der Waals surface area contributed by atoms with Gasteiger partial charge in [-0.3, -0.25) is 0 Å². The van der Waals surface area contributed by atoms with Crippen LogP contribution in [0.3, 0.4) is 0 Å². The molecule has 1 N–H and O–H groups in total. The van der Waals surface area contributed by atoms with Gasteiger partial charge in [0.1, 0.15) is 0 Å². The van der Waals surface area contributed by atoms with Crippen molar-refractivity contribution in [2.75, 3.05) is 24.5 Å². The molecule has 1 aromatic carbocycles. The second-order valence-corrected chi connectivity index (χ2v) is 5.23. The van der Waals surface area contributed by atoms with Crippen molar-refractivity contribution in [3.05, 3.63) is 29.8 Å². The molecule has 0 heterocycles. The quantitative estimate of drug-likeness (QED) is 0.795. The standard InChI is InChI=1S/C16H28N2/c1-6-17-15(13(3)4)12-18(7-2)16-11-9-8-10-14(16)5/h8-11,13,15,17H,6-7,12H2,1-5H3. The Morgan fingerprint density at radius 2 is 1.83 bits per heavy atom. The fourth-order valence-electron chi connectivity index (χ4n) is 2.33. The van der Waals surface area contributed by atoms with Crippen molar-refractivity contribution in [1.82, 2.24) is 5.32 Å². The third-order valence-corrected chi connectivity index (χ3v) is 3.53. The summed E-state index contributed by atoms with van der Waals surface area (Å²) in [6, 6.07) is 9.20. The molecule has 0 spiro atoms. The van der Waals surface area contributed by atoms with Gasteiger partial charge in [-0.15, -0.1) is 0 Å². The van der Waals surface area contributed by atoms with Gasteiger partial charge in [0, 0.05) is 24.8 Å². The number of nitrogens with zero attached hydrogens (tertiary/aromatic N) is 1. The van der Waals surface area contributed by atoms with Gasteiger partial charge in [0.15, 0.2) is 0 Å². The predicted octanol–water partition coefficient (Wildman–Crippen LogP) is 3.46. The normalized spacial score (nSPS) is 12.8. The zero-order valence-corrected chi connectivity index (χ0v) is 12.5. The molecule has 0 saturated carbocycles. The van der Waals surface area contributed by atoms with Gasteiger partial charge in [-0.2, -0.15) is 0 Å². The van der Waals surface area contributed by atoms with Crippen LogP contribution in [-0.2, 0) is 0 Å². The Balaban J connectivity index is 2.80. The molecule has 0 saturated heterocycles. The van der Waals surface area contributed by atoms with Crippen LogP contribution in [0.1, 0.15) is 33.3 Å². The van der Waals surface area contributed by atoms with Crippen molar-refractivity contribution in [1.29, 1.82) is 0 Å². The summed E-state index contributed by atoms with van der Waals surface area (Å²) in [5.41, 5.74) is 2.72. The maximum Gasteiger partial charge on any atom is 0.0396 e. The van der Waals surface area contributed by atoms with Crippen molar-refractivity contribution in [3.63, 3.8) is 0 Å². The van der Waals surface area contributed by atoms with Gasteiger partial charge in [-0.25, -0.2) is 0 Å². The van der Waals surface area contributed by atoms with Crippen LogP contribution in [0.4, 0.5) is 5.69 Å². The van der Waals surface area contributed by atoms with Crippen molar-refractivity contribution in [2.45, 2.75) is 40.7 Å². The number of anilines is 1. The molecule has 1 rings (SSSR count). The lowest BCUT2D eigenvalue weighted by Crippen LogP contribution is -2.44. The van der Waals surface area contributed by atoms with E-state index < -0.39 is 0 Å². The molecule has 18 heavy (non-hydrogen) atoms. The van der Waals surface area contributed by atoms with Crippen LogP contribution in [-0.4, -0.2) is 25.7 Å². The fourth-order valence-corrected chi connectivity index (χ4v) is 2.33. The minimum Gasteiger partial charge on any atom is -0.370 e. The number of benzene rings is 1. The van der Waals surface area contributed by atoms with Crippen molar-refractivity contribution in [2.24, 2.45) is 5.92 Å². The Morgan fingerprint density at radius 3 is 2.33 bits per heavy atom. The lowest BCUT2D eigenvalue weighted by atomic mass is 10.0. The van der Waals surface area contributed by atoms with Crippen molar-refractivity contribution >= 4 is 5.69 Å². The highest BCUT2D eigenvalue weighted by molar-refractivity contribution is 5.53. The Hall–Kier alpha value is -1.02. The first-order valence-electron chi connectivity index (χ1n) is 7.14. The van der Waals surface area contributed by atoms with E-state index in [1.165, 1.54) is 11.3 Å². The average Bonchev–Trinajstić information content (AvgIpc) is 2.35. The van der Waals surface area contributed by atoms with Crippen molar-refractivity contribution < 1.29 is 0 Å². The Morgan fingerprint density at radius 1 is 1.17 bits per heavy atom. The van der Waals surface area contributed by atoms with E-state index in [2.05, 4.69) is 69.1 Å². The van der Waals surface area contributed by atoms with Crippen LogP contribution in [0.2, 0.25) is 0 Å². The molecule has 0 aliphatic carbocycles. The Bertz CT molecular complexity index is 347. The molecule has 2 heteroatoms. The summed E-state index contributed by atoms with van der Waals surface area (Å²) < 4.78 is 0. The molecule has 2 nitrogen and oxygen atoms in total. The zero-order valence-electron chi connectivity index (χ0n) is 12.5. The topological polar surface area (TPSA) is 15.3 Å². The minimum absolute atomic E-state index is 0.551. The first-order valence-corrected chi connectivity index (χ1v) is 7.14. The lowest BCUT2D eigenvalue weighted by Gasteiger charge is -2.32. The fraction of sp³-hybridized carbons (Fsp3) is 0.625. The van der Waals surface area contributed by atoms with Gasteiger partial charge in [-0.05, 0) is 37.9 Å². The first-order chi connectivity index (χ1) is 8.60. The van der Waals surface area contributed by atoms with Gasteiger partial charge in [0.2, 0.25) is 0 Å². The lowest BCUT2D eigenvalue weighted by molar-refractivity contribution is 0.406. The second kappa shape index (κ2) is 7.42. The smallest absolute Gasteiger partial charge is 0.0396 e. The van der Waals surface area contributed by atoms with Crippen LogP contribution < -0.4 is 10.2 Å². The highest BCUT2D eigenvalue weighted by Gasteiger charge is 2.16. The van der Waals surface area contributed by atoms with E-state index in [4.69, 9.17) is 0 Å². The van der Waals surface area contributed by atoms with Gasteiger partial charge in [0.25, 0.3) is 0 Å². The molecule has 1 atom stereocenters. The maximum absolute atomic E-state index is 3.59. The third kappa shape index (κ3) is 4.02. The summed E-state index contributed by atoms with van der Waals surface area (Å²) in [7, 11) is 0. The number of rotatable bonds is 7. The largest absolute Gasteiger partial charge is 0.370 e. The molecule has 0 aliphatic rings. The predicted molar refractivity (Wildman–Crippen MR) is 81.4 cm³/mol. The first kappa shape index (κ1) is 15.0. The summed E-state index contributed by atoms with van der Waals surface area (Å²) in [4.78, 5) is 2.47. The summed E-state index contributed by atoms with van der Waals surface area (Å²) >= 11 is 0. The van der Waals surface area contributed by atoms with Crippen LogP contribution in [0.5, 0.6) is 0 Å². The summed E-state index contributed by atoms with van der Waals surface area (Å²) in [6.07, 6.45) is 0. The monoisotopic (exact) mass is 248 g/mol. The van der Waals surface area contributed by atoms with Gasteiger partial charge in [-0.1, -0.05) is 39.0 Å². The maximum atomic E-state index is 3.59.